The molecular weight excluding hydrogens is 150 g/mol. The fraction of sp³-hybridized carbons (Fsp3) is 0.900. The lowest BCUT2D eigenvalue weighted by Crippen LogP contribution is -2.41. The monoisotopic (exact) mass is 169 g/mol. The van der Waals surface area contributed by atoms with Crippen molar-refractivity contribution >= 4 is 6.08 Å². The molecule has 12 heavy (non-hydrogen) atoms. The van der Waals surface area contributed by atoms with Crippen LogP contribution in [0.3, 0.4) is 0 Å². The predicted octanol–water partition coefficient (Wildman–Crippen LogP) is 2.78. The first-order chi connectivity index (χ1) is 5.25. The van der Waals surface area contributed by atoms with Gasteiger partial charge in [-0.2, -0.15) is 4.99 Å². The molecule has 0 fully saturated rings. The zero-order chi connectivity index (χ0) is 9.99. The summed E-state index contributed by atoms with van der Waals surface area (Å²) in [6, 6.07) is 0. The Morgan fingerprint density at radius 1 is 1.17 bits per heavy atom. The van der Waals surface area contributed by atoms with Crippen molar-refractivity contribution in [2.45, 2.75) is 47.1 Å². The third-order valence-electron chi connectivity index (χ3n) is 3.35. The summed E-state index contributed by atoms with van der Waals surface area (Å²) in [5, 5.41) is 0. The summed E-state index contributed by atoms with van der Waals surface area (Å²) < 4.78 is 0. The summed E-state index contributed by atoms with van der Waals surface area (Å²) in [7, 11) is 0. The van der Waals surface area contributed by atoms with Gasteiger partial charge in [0.2, 0.25) is 6.08 Å². The van der Waals surface area contributed by atoms with E-state index in [9.17, 15) is 4.79 Å². The van der Waals surface area contributed by atoms with Crippen molar-refractivity contribution in [3.8, 4) is 0 Å². The van der Waals surface area contributed by atoms with Crippen LogP contribution in [0.2, 0.25) is 0 Å². The van der Waals surface area contributed by atoms with E-state index in [1.165, 1.54) is 0 Å². The molecule has 0 aromatic rings. The number of isocyanates is 1. The smallest absolute Gasteiger partial charge is 0.211 e. The van der Waals surface area contributed by atoms with E-state index in [1.807, 2.05) is 13.8 Å². The summed E-state index contributed by atoms with van der Waals surface area (Å²) in [5.74, 6) is 0.490. The van der Waals surface area contributed by atoms with E-state index in [0.29, 0.717) is 5.92 Å². The maximum absolute atomic E-state index is 10.2. The van der Waals surface area contributed by atoms with Gasteiger partial charge in [0.05, 0.1) is 5.54 Å². The van der Waals surface area contributed by atoms with Gasteiger partial charge in [-0.05, 0) is 25.2 Å². The van der Waals surface area contributed by atoms with Crippen LogP contribution in [-0.2, 0) is 4.79 Å². The minimum absolute atomic E-state index is 0.0183. The SMILES string of the molecule is CC(C)C(C)(C)C(C)(C)N=C=O. The van der Waals surface area contributed by atoms with Crippen molar-refractivity contribution in [3.63, 3.8) is 0 Å². The Bertz CT molecular complexity index is 198. The third-order valence-corrected chi connectivity index (χ3v) is 3.35. The average molecular weight is 169 g/mol. The van der Waals surface area contributed by atoms with E-state index in [-0.39, 0.29) is 11.0 Å². The van der Waals surface area contributed by atoms with Crippen molar-refractivity contribution < 1.29 is 4.79 Å². The van der Waals surface area contributed by atoms with Crippen molar-refractivity contribution in [1.29, 1.82) is 0 Å². The Morgan fingerprint density at radius 2 is 1.58 bits per heavy atom. The molecule has 0 radical (unpaired) electrons. The second kappa shape index (κ2) is 3.40. The van der Waals surface area contributed by atoms with Gasteiger partial charge in [0, 0.05) is 0 Å². The van der Waals surface area contributed by atoms with Crippen molar-refractivity contribution in [1.82, 2.24) is 0 Å². The van der Waals surface area contributed by atoms with Gasteiger partial charge in [0.25, 0.3) is 0 Å². The molecule has 0 aliphatic rings. The molecule has 2 nitrogen and oxygen atoms in total. The third kappa shape index (κ3) is 1.95. The fourth-order valence-electron chi connectivity index (χ4n) is 0.965. The van der Waals surface area contributed by atoms with Gasteiger partial charge < -0.3 is 0 Å². The maximum atomic E-state index is 10.2. The summed E-state index contributed by atoms with van der Waals surface area (Å²) in [6.07, 6.45) is 1.64. The molecule has 0 aliphatic carbocycles. The first-order valence-electron chi connectivity index (χ1n) is 4.34. The summed E-state index contributed by atoms with van der Waals surface area (Å²) >= 11 is 0. The number of aliphatic imine (C=N–C) groups is 1. The standard InChI is InChI=1S/C10H19NO/c1-8(2)9(3,4)10(5,6)11-7-12/h8H,1-6H3. The highest BCUT2D eigenvalue weighted by atomic mass is 16.1. The van der Waals surface area contributed by atoms with Crippen LogP contribution in [0.1, 0.15) is 41.5 Å². The van der Waals surface area contributed by atoms with Gasteiger partial charge in [-0.15, -0.1) is 0 Å². The van der Waals surface area contributed by atoms with Gasteiger partial charge in [-0.1, -0.05) is 27.7 Å². The highest BCUT2D eigenvalue weighted by Gasteiger charge is 2.39. The highest BCUT2D eigenvalue weighted by molar-refractivity contribution is 5.35. The van der Waals surface area contributed by atoms with Crippen molar-refractivity contribution in [3.05, 3.63) is 0 Å². The van der Waals surface area contributed by atoms with Gasteiger partial charge in [-0.3, -0.25) is 0 Å². The molecule has 0 heterocycles. The topological polar surface area (TPSA) is 29.4 Å². The minimum atomic E-state index is -0.330. The maximum Gasteiger partial charge on any atom is 0.235 e. The molecule has 0 saturated heterocycles. The molecule has 0 saturated carbocycles. The molecule has 70 valence electrons. The van der Waals surface area contributed by atoms with E-state index in [2.05, 4.69) is 32.7 Å². The first kappa shape index (κ1) is 11.4. The van der Waals surface area contributed by atoms with Gasteiger partial charge in [0.1, 0.15) is 0 Å². The highest BCUT2D eigenvalue weighted by Crippen LogP contribution is 2.39. The van der Waals surface area contributed by atoms with Crippen LogP contribution in [0.15, 0.2) is 4.99 Å². The van der Waals surface area contributed by atoms with Crippen molar-refractivity contribution in [2.24, 2.45) is 16.3 Å². The van der Waals surface area contributed by atoms with Crippen LogP contribution in [0, 0.1) is 11.3 Å². The Labute approximate surface area is 75.1 Å². The van der Waals surface area contributed by atoms with Crippen LogP contribution in [0.25, 0.3) is 0 Å². The molecular formula is C10H19NO. The first-order valence-corrected chi connectivity index (χ1v) is 4.34. The Hall–Kier alpha value is -0.620. The second-order valence-corrected chi connectivity index (χ2v) is 4.64. The minimum Gasteiger partial charge on any atom is -0.211 e. The largest absolute Gasteiger partial charge is 0.235 e. The zero-order valence-electron chi connectivity index (χ0n) is 8.93. The van der Waals surface area contributed by atoms with E-state index >= 15 is 0 Å². The van der Waals surface area contributed by atoms with E-state index in [1.54, 1.807) is 6.08 Å². The molecule has 0 amide bonds. The van der Waals surface area contributed by atoms with Crippen LogP contribution < -0.4 is 0 Å². The molecule has 2 heteroatoms. The van der Waals surface area contributed by atoms with E-state index in [4.69, 9.17) is 0 Å². The summed E-state index contributed by atoms with van der Waals surface area (Å²) in [5.41, 5.74) is -0.312. The number of nitrogens with zero attached hydrogens (tertiary/aromatic N) is 1. The lowest BCUT2D eigenvalue weighted by atomic mass is 9.67. The number of carbonyl (C=O) groups excluding carboxylic acids is 1. The number of hydrogen-bond acceptors (Lipinski definition) is 2. The summed E-state index contributed by atoms with van der Waals surface area (Å²) in [4.78, 5) is 14.0. The van der Waals surface area contributed by atoms with Crippen LogP contribution in [0.4, 0.5) is 0 Å². The van der Waals surface area contributed by atoms with E-state index in [0.717, 1.165) is 0 Å². The molecule has 0 aliphatic heterocycles. The Morgan fingerprint density at radius 3 is 1.83 bits per heavy atom. The molecule has 0 spiro atoms. The lowest BCUT2D eigenvalue weighted by Gasteiger charge is -2.40. The van der Waals surface area contributed by atoms with Crippen LogP contribution in [0.5, 0.6) is 0 Å². The zero-order valence-corrected chi connectivity index (χ0v) is 8.93. The molecule has 0 aromatic carbocycles. The molecule has 0 atom stereocenters. The Kier molecular flexibility index (Phi) is 3.23. The van der Waals surface area contributed by atoms with Crippen molar-refractivity contribution in [2.75, 3.05) is 0 Å². The van der Waals surface area contributed by atoms with Crippen LogP contribution in [-0.4, -0.2) is 11.6 Å². The summed E-state index contributed by atoms with van der Waals surface area (Å²) in [6.45, 7) is 12.5. The normalized spacial score (nSPS) is 12.9. The number of rotatable bonds is 3. The predicted molar refractivity (Wildman–Crippen MR) is 50.8 cm³/mol. The molecule has 0 aromatic heterocycles. The quantitative estimate of drug-likeness (QED) is 0.472. The lowest BCUT2D eigenvalue weighted by molar-refractivity contribution is 0.133. The average Bonchev–Trinajstić information content (AvgIpc) is 1.86. The number of hydrogen-bond donors (Lipinski definition) is 0. The molecule has 0 unspecified atom stereocenters. The van der Waals surface area contributed by atoms with Gasteiger partial charge >= 0.3 is 0 Å². The fourth-order valence-corrected chi connectivity index (χ4v) is 0.965. The Balaban J connectivity index is 4.86. The molecule has 0 N–H and O–H groups in total. The molecule has 0 bridgehead atoms. The van der Waals surface area contributed by atoms with Crippen LogP contribution >= 0.6 is 0 Å². The molecule has 0 rings (SSSR count). The van der Waals surface area contributed by atoms with Gasteiger partial charge in [-0.25, -0.2) is 4.79 Å². The van der Waals surface area contributed by atoms with E-state index < -0.39 is 0 Å². The van der Waals surface area contributed by atoms with Gasteiger partial charge in [0.15, 0.2) is 0 Å². The second-order valence-electron chi connectivity index (χ2n) is 4.64.